The molecule has 0 unspecified atom stereocenters. The Morgan fingerprint density at radius 1 is 1.14 bits per heavy atom. The quantitative estimate of drug-likeness (QED) is 0.565. The molecule has 4 aromatic rings. The fourth-order valence-corrected chi connectivity index (χ4v) is 3.66. The molecule has 6 nitrogen and oxygen atoms in total. The Labute approximate surface area is 158 Å². The van der Waals surface area contributed by atoms with Gasteiger partial charge in [0.15, 0.2) is 0 Å². The molecule has 0 spiro atoms. The third-order valence-electron chi connectivity index (χ3n) is 4.82. The lowest BCUT2D eigenvalue weighted by Crippen LogP contribution is -2.30. The smallest absolute Gasteiger partial charge is 0.282 e. The molecule has 0 fully saturated rings. The molecule has 0 radical (unpaired) electrons. The van der Waals surface area contributed by atoms with Crippen molar-refractivity contribution in [3.63, 3.8) is 0 Å². The van der Waals surface area contributed by atoms with Crippen molar-refractivity contribution in [3.05, 3.63) is 54.4 Å². The van der Waals surface area contributed by atoms with Gasteiger partial charge >= 0.3 is 0 Å². The highest BCUT2D eigenvalue weighted by atomic mass is 19.3. The molecule has 1 atom stereocenters. The van der Waals surface area contributed by atoms with E-state index in [1.165, 1.54) is 4.68 Å². The molecule has 28 heavy (non-hydrogen) atoms. The molecular formula is C20H16F2N4O2. The molecule has 0 bridgehead atoms. The Kier molecular flexibility index (Phi) is 3.87. The van der Waals surface area contributed by atoms with Gasteiger partial charge in [-0.25, -0.2) is 18.4 Å². The number of alkyl halides is 2. The summed E-state index contributed by atoms with van der Waals surface area (Å²) in [4.78, 5) is 7.53. The number of benzene rings is 1. The molecule has 1 aromatic carbocycles. The molecule has 1 aliphatic rings. The zero-order chi connectivity index (χ0) is 19.3. The second kappa shape index (κ2) is 6.42. The maximum absolute atomic E-state index is 13.9. The van der Waals surface area contributed by atoms with E-state index in [0.29, 0.717) is 11.3 Å². The number of ether oxygens (including phenoxy) is 1. The first-order valence-electron chi connectivity index (χ1n) is 8.85. The van der Waals surface area contributed by atoms with E-state index in [0.717, 1.165) is 16.5 Å². The maximum Gasteiger partial charge on any atom is 0.282 e. The van der Waals surface area contributed by atoms with Crippen LogP contribution in [0.5, 0.6) is 5.88 Å². The number of pyridine rings is 1. The largest absolute Gasteiger partial charge is 0.475 e. The van der Waals surface area contributed by atoms with Crippen molar-refractivity contribution in [2.75, 3.05) is 6.61 Å². The lowest BCUT2D eigenvalue weighted by atomic mass is 9.99. The van der Waals surface area contributed by atoms with Crippen molar-refractivity contribution in [1.82, 2.24) is 19.7 Å². The number of hydrogen-bond acceptors (Lipinski definition) is 4. The first kappa shape index (κ1) is 16.9. The van der Waals surface area contributed by atoms with E-state index in [1.807, 2.05) is 36.4 Å². The van der Waals surface area contributed by atoms with Gasteiger partial charge < -0.3 is 14.8 Å². The summed E-state index contributed by atoms with van der Waals surface area (Å²) in [5, 5.41) is 14.7. The summed E-state index contributed by atoms with van der Waals surface area (Å²) in [6.45, 7) is 0.134. The Balaban J connectivity index is 1.84. The molecular weight excluding hydrogens is 366 g/mol. The fraction of sp³-hybridized carbons (Fsp3) is 0.200. The Bertz CT molecular complexity index is 1150. The lowest BCUT2D eigenvalue weighted by molar-refractivity contribution is 0.0556. The van der Waals surface area contributed by atoms with Gasteiger partial charge in [0.2, 0.25) is 5.88 Å². The standard InChI is InChI=1S/C20H16F2N4O2/c21-18(22)17-15(20-26(25-17)9-12(27)10-28-20)16-14(11-5-2-1-3-6-11)13-7-4-8-23-19(13)24-16/h1-8,12,18,27H,9-10H2,(H,23,24)/t12-/m0/s1. The van der Waals surface area contributed by atoms with Crippen LogP contribution in [0.3, 0.4) is 0 Å². The SMILES string of the molecule is O[C@@H]1COc2c(-c3[nH]c4ncccc4c3-c3ccccc3)c(C(F)F)nn2C1. The van der Waals surface area contributed by atoms with Crippen LogP contribution in [0.25, 0.3) is 33.4 Å². The molecule has 142 valence electrons. The second-order valence-electron chi connectivity index (χ2n) is 6.65. The maximum atomic E-state index is 13.9. The highest BCUT2D eigenvalue weighted by Gasteiger charge is 2.33. The molecule has 8 heteroatoms. The van der Waals surface area contributed by atoms with Crippen molar-refractivity contribution in [3.8, 4) is 28.3 Å². The Morgan fingerprint density at radius 3 is 2.75 bits per heavy atom. The topological polar surface area (TPSA) is 76.0 Å². The molecule has 4 heterocycles. The van der Waals surface area contributed by atoms with Crippen LogP contribution in [0.1, 0.15) is 12.1 Å². The number of aliphatic hydroxyl groups is 1. The van der Waals surface area contributed by atoms with Gasteiger partial charge in [0.25, 0.3) is 6.43 Å². The van der Waals surface area contributed by atoms with E-state index in [-0.39, 0.29) is 30.3 Å². The van der Waals surface area contributed by atoms with Crippen LogP contribution >= 0.6 is 0 Å². The summed E-state index contributed by atoms with van der Waals surface area (Å²) >= 11 is 0. The predicted molar refractivity (Wildman–Crippen MR) is 99.2 cm³/mol. The van der Waals surface area contributed by atoms with Gasteiger partial charge in [-0.05, 0) is 17.7 Å². The van der Waals surface area contributed by atoms with Crippen molar-refractivity contribution in [2.24, 2.45) is 0 Å². The summed E-state index contributed by atoms with van der Waals surface area (Å²) < 4.78 is 34.6. The number of fused-ring (bicyclic) bond motifs is 2. The Hall–Kier alpha value is -3.26. The predicted octanol–water partition coefficient (Wildman–Crippen LogP) is 3.78. The summed E-state index contributed by atoms with van der Waals surface area (Å²) in [6.07, 6.45) is -1.94. The number of hydrogen-bond donors (Lipinski definition) is 2. The van der Waals surface area contributed by atoms with Crippen LogP contribution in [-0.4, -0.2) is 37.6 Å². The fourth-order valence-electron chi connectivity index (χ4n) is 3.66. The number of aliphatic hydroxyl groups excluding tert-OH is 1. The number of aromatic nitrogens is 4. The van der Waals surface area contributed by atoms with Gasteiger partial charge in [0.1, 0.15) is 24.1 Å². The molecule has 0 saturated heterocycles. The molecule has 3 aromatic heterocycles. The van der Waals surface area contributed by atoms with Gasteiger partial charge in [0.05, 0.1) is 17.8 Å². The summed E-state index contributed by atoms with van der Waals surface area (Å²) in [6, 6.07) is 13.2. The first-order valence-corrected chi connectivity index (χ1v) is 8.85. The van der Waals surface area contributed by atoms with E-state index in [4.69, 9.17) is 4.74 Å². The second-order valence-corrected chi connectivity index (χ2v) is 6.65. The van der Waals surface area contributed by atoms with Crippen LogP contribution in [0, 0.1) is 0 Å². The Morgan fingerprint density at radius 2 is 1.96 bits per heavy atom. The minimum Gasteiger partial charge on any atom is -0.475 e. The van der Waals surface area contributed by atoms with Crippen molar-refractivity contribution in [1.29, 1.82) is 0 Å². The monoisotopic (exact) mass is 382 g/mol. The van der Waals surface area contributed by atoms with Gasteiger partial charge in [-0.3, -0.25) is 0 Å². The molecule has 0 amide bonds. The van der Waals surface area contributed by atoms with E-state index < -0.39 is 12.5 Å². The first-order chi connectivity index (χ1) is 13.6. The third kappa shape index (κ3) is 2.56. The number of rotatable bonds is 3. The van der Waals surface area contributed by atoms with Gasteiger partial charge in [-0.1, -0.05) is 30.3 Å². The molecule has 0 aliphatic carbocycles. The number of halogens is 2. The van der Waals surface area contributed by atoms with E-state index in [2.05, 4.69) is 15.1 Å². The number of nitrogens with one attached hydrogen (secondary N) is 1. The van der Waals surface area contributed by atoms with E-state index in [9.17, 15) is 13.9 Å². The lowest BCUT2D eigenvalue weighted by Gasteiger charge is -2.20. The summed E-state index contributed by atoms with van der Waals surface area (Å²) in [5.41, 5.74) is 2.52. The highest BCUT2D eigenvalue weighted by molar-refractivity contribution is 6.03. The summed E-state index contributed by atoms with van der Waals surface area (Å²) in [7, 11) is 0. The van der Waals surface area contributed by atoms with Crippen molar-refractivity contribution in [2.45, 2.75) is 19.1 Å². The van der Waals surface area contributed by atoms with Crippen LogP contribution in [0.15, 0.2) is 48.7 Å². The molecule has 0 saturated carbocycles. The molecule has 1 aliphatic heterocycles. The van der Waals surface area contributed by atoms with Gasteiger partial charge in [-0.2, -0.15) is 5.10 Å². The normalized spacial score (nSPS) is 16.4. The summed E-state index contributed by atoms with van der Waals surface area (Å²) in [5.74, 6) is 0.226. The van der Waals surface area contributed by atoms with Crippen molar-refractivity contribution < 1.29 is 18.6 Å². The number of nitrogens with zero attached hydrogens (tertiary/aromatic N) is 3. The van der Waals surface area contributed by atoms with Crippen LogP contribution < -0.4 is 4.74 Å². The zero-order valence-corrected chi connectivity index (χ0v) is 14.6. The number of H-pyrrole nitrogens is 1. The molecule has 2 N–H and O–H groups in total. The highest BCUT2D eigenvalue weighted by Crippen LogP contribution is 2.45. The molecule has 5 rings (SSSR count). The van der Waals surface area contributed by atoms with Crippen molar-refractivity contribution >= 4 is 11.0 Å². The minimum atomic E-state index is -2.79. The average molecular weight is 382 g/mol. The minimum absolute atomic E-state index is 0.0283. The van der Waals surface area contributed by atoms with Crippen LogP contribution in [-0.2, 0) is 6.54 Å². The average Bonchev–Trinajstić information content (AvgIpc) is 3.26. The van der Waals surface area contributed by atoms with E-state index >= 15 is 0 Å². The van der Waals surface area contributed by atoms with Crippen LogP contribution in [0.4, 0.5) is 8.78 Å². The van der Waals surface area contributed by atoms with Gasteiger partial charge in [0, 0.05) is 17.1 Å². The zero-order valence-electron chi connectivity index (χ0n) is 14.6. The van der Waals surface area contributed by atoms with Crippen LogP contribution in [0.2, 0.25) is 0 Å². The number of aromatic amines is 1. The third-order valence-corrected chi connectivity index (χ3v) is 4.82. The van der Waals surface area contributed by atoms with Gasteiger partial charge in [-0.15, -0.1) is 0 Å². The van der Waals surface area contributed by atoms with E-state index in [1.54, 1.807) is 12.3 Å².